The average molecular weight is 300 g/mol. The van der Waals surface area contributed by atoms with Crippen molar-refractivity contribution in [3.8, 4) is 0 Å². The zero-order valence-electron chi connectivity index (χ0n) is 14.4. The van der Waals surface area contributed by atoms with Crippen LogP contribution in [0.25, 0.3) is 0 Å². The summed E-state index contributed by atoms with van der Waals surface area (Å²) in [6.07, 6.45) is 29.4. The standard InChI is InChI=1S/C21H33N/c1-3-4-5-6-7-8-9-10-11-12-13-14-15-16-17-18-19-20-21-22-2/h5-6,8-10,12,14-15,17-18,22H,3-4,7,13,16,19-21H2,1-2H3/b6-5+,9-8+,15-14+,18-17+. The quantitative estimate of drug-likeness (QED) is 0.193. The zero-order chi connectivity index (χ0) is 16.1. The predicted molar refractivity (Wildman–Crippen MR) is 101 cm³/mol. The Morgan fingerprint density at radius 2 is 1.50 bits per heavy atom. The molecule has 0 aromatic rings. The summed E-state index contributed by atoms with van der Waals surface area (Å²) < 4.78 is 0. The molecule has 0 rings (SSSR count). The van der Waals surface area contributed by atoms with Gasteiger partial charge < -0.3 is 5.32 Å². The van der Waals surface area contributed by atoms with Gasteiger partial charge in [-0.2, -0.15) is 0 Å². The van der Waals surface area contributed by atoms with Crippen LogP contribution in [0.3, 0.4) is 0 Å². The Balaban J connectivity index is 3.57. The normalized spacial score (nSPS) is 11.9. The summed E-state index contributed by atoms with van der Waals surface area (Å²) in [6, 6.07) is 0. The van der Waals surface area contributed by atoms with Crippen molar-refractivity contribution < 1.29 is 0 Å². The highest BCUT2D eigenvalue weighted by Gasteiger charge is 1.79. The van der Waals surface area contributed by atoms with Crippen molar-refractivity contribution >= 4 is 0 Å². The van der Waals surface area contributed by atoms with Gasteiger partial charge in [0, 0.05) is 0 Å². The molecule has 0 heterocycles. The Labute approximate surface area is 137 Å². The Morgan fingerprint density at radius 3 is 2.27 bits per heavy atom. The largest absolute Gasteiger partial charge is 0.320 e. The Morgan fingerprint density at radius 1 is 0.818 bits per heavy atom. The molecule has 0 aromatic heterocycles. The smallest absolute Gasteiger partial charge is 0.00490 e. The van der Waals surface area contributed by atoms with Crippen LogP contribution in [0.5, 0.6) is 0 Å². The van der Waals surface area contributed by atoms with Crippen molar-refractivity contribution in [1.29, 1.82) is 0 Å². The van der Waals surface area contributed by atoms with Crippen LogP contribution in [0.4, 0.5) is 0 Å². The SMILES string of the molecule is CCC/C=C/C/C=C/C=C=CC/C=C/C/C=C/CCCNC. The number of allylic oxidation sites excluding steroid dienone is 9. The van der Waals surface area contributed by atoms with E-state index in [2.05, 4.69) is 72.7 Å². The first kappa shape index (κ1) is 20.4. The molecule has 0 aromatic carbocycles. The summed E-state index contributed by atoms with van der Waals surface area (Å²) in [7, 11) is 1.99. The van der Waals surface area contributed by atoms with E-state index in [0.29, 0.717) is 0 Å². The summed E-state index contributed by atoms with van der Waals surface area (Å²) in [5.74, 6) is 0. The molecule has 1 nitrogen and oxygen atoms in total. The second-order valence-electron chi connectivity index (χ2n) is 5.12. The van der Waals surface area contributed by atoms with E-state index in [1.165, 1.54) is 19.3 Å². The molecule has 0 aliphatic heterocycles. The van der Waals surface area contributed by atoms with Gasteiger partial charge in [-0.05, 0) is 64.3 Å². The summed E-state index contributed by atoms with van der Waals surface area (Å²) >= 11 is 0. The number of unbranched alkanes of at least 4 members (excludes halogenated alkanes) is 2. The Kier molecular flexibility index (Phi) is 18.1. The second-order valence-corrected chi connectivity index (χ2v) is 5.12. The van der Waals surface area contributed by atoms with Crippen molar-refractivity contribution in [2.24, 2.45) is 0 Å². The van der Waals surface area contributed by atoms with E-state index in [0.717, 1.165) is 32.2 Å². The van der Waals surface area contributed by atoms with Crippen LogP contribution in [0.1, 0.15) is 51.9 Å². The Bertz CT molecular complexity index is 390. The molecule has 0 aliphatic rings. The van der Waals surface area contributed by atoms with Gasteiger partial charge in [0.2, 0.25) is 0 Å². The first-order valence-electron chi connectivity index (χ1n) is 8.57. The molecule has 0 unspecified atom stereocenters. The molecule has 1 heteroatoms. The van der Waals surface area contributed by atoms with Crippen molar-refractivity contribution in [2.75, 3.05) is 13.6 Å². The van der Waals surface area contributed by atoms with E-state index < -0.39 is 0 Å². The molecule has 0 radical (unpaired) electrons. The van der Waals surface area contributed by atoms with Gasteiger partial charge in [-0.15, -0.1) is 5.73 Å². The summed E-state index contributed by atoms with van der Waals surface area (Å²) in [6.45, 7) is 3.30. The van der Waals surface area contributed by atoms with Crippen LogP contribution < -0.4 is 5.32 Å². The fraction of sp³-hybridized carbons (Fsp3) is 0.476. The maximum atomic E-state index is 3.18. The monoisotopic (exact) mass is 299 g/mol. The highest BCUT2D eigenvalue weighted by Crippen LogP contribution is 1.95. The third-order valence-electron chi connectivity index (χ3n) is 3.00. The van der Waals surface area contributed by atoms with Gasteiger partial charge in [-0.25, -0.2) is 0 Å². The van der Waals surface area contributed by atoms with Crippen molar-refractivity contribution in [3.63, 3.8) is 0 Å². The molecular weight excluding hydrogens is 266 g/mol. The second kappa shape index (κ2) is 19.4. The molecule has 0 spiro atoms. The molecule has 0 aliphatic carbocycles. The molecule has 122 valence electrons. The van der Waals surface area contributed by atoms with Gasteiger partial charge in [0.25, 0.3) is 0 Å². The number of rotatable bonds is 13. The lowest BCUT2D eigenvalue weighted by atomic mass is 10.2. The third kappa shape index (κ3) is 18.4. The highest BCUT2D eigenvalue weighted by molar-refractivity contribution is 5.06. The van der Waals surface area contributed by atoms with Crippen LogP contribution in [-0.2, 0) is 0 Å². The highest BCUT2D eigenvalue weighted by atomic mass is 14.8. The fourth-order valence-corrected chi connectivity index (χ4v) is 1.75. The topological polar surface area (TPSA) is 12.0 Å². The fourth-order valence-electron chi connectivity index (χ4n) is 1.75. The van der Waals surface area contributed by atoms with Gasteiger partial charge in [0.05, 0.1) is 0 Å². The average Bonchev–Trinajstić information content (AvgIpc) is 2.54. The lowest BCUT2D eigenvalue weighted by molar-refractivity contribution is 0.735. The molecule has 22 heavy (non-hydrogen) atoms. The van der Waals surface area contributed by atoms with Gasteiger partial charge in [-0.3, -0.25) is 0 Å². The first-order chi connectivity index (χ1) is 10.9. The summed E-state index contributed by atoms with van der Waals surface area (Å²) in [5, 5.41) is 3.15. The molecule has 0 bridgehead atoms. The van der Waals surface area contributed by atoms with E-state index in [1.807, 2.05) is 13.1 Å². The minimum atomic E-state index is 0.953. The predicted octanol–water partition coefficient (Wildman–Crippen LogP) is 5.89. The molecule has 1 N–H and O–H groups in total. The van der Waals surface area contributed by atoms with Gasteiger partial charge >= 0.3 is 0 Å². The van der Waals surface area contributed by atoms with E-state index in [-0.39, 0.29) is 0 Å². The zero-order valence-corrected chi connectivity index (χ0v) is 14.4. The van der Waals surface area contributed by atoms with E-state index in [9.17, 15) is 0 Å². The number of nitrogens with one attached hydrogen (secondary N) is 1. The van der Waals surface area contributed by atoms with Crippen LogP contribution >= 0.6 is 0 Å². The minimum absolute atomic E-state index is 0.953. The van der Waals surface area contributed by atoms with Crippen LogP contribution in [0, 0.1) is 0 Å². The molecule has 0 atom stereocenters. The summed E-state index contributed by atoms with van der Waals surface area (Å²) in [5.41, 5.74) is 3.18. The van der Waals surface area contributed by atoms with Gasteiger partial charge in [-0.1, -0.05) is 62.0 Å². The minimum Gasteiger partial charge on any atom is -0.320 e. The van der Waals surface area contributed by atoms with E-state index in [1.54, 1.807) is 0 Å². The van der Waals surface area contributed by atoms with Crippen LogP contribution in [0.15, 0.2) is 66.5 Å². The van der Waals surface area contributed by atoms with Crippen LogP contribution in [0.2, 0.25) is 0 Å². The van der Waals surface area contributed by atoms with Crippen molar-refractivity contribution in [1.82, 2.24) is 5.32 Å². The van der Waals surface area contributed by atoms with E-state index >= 15 is 0 Å². The van der Waals surface area contributed by atoms with Gasteiger partial charge in [0.15, 0.2) is 0 Å². The molecular formula is C21H33N. The number of hydrogen-bond acceptors (Lipinski definition) is 1. The molecule has 0 fully saturated rings. The molecule has 0 amide bonds. The van der Waals surface area contributed by atoms with Crippen molar-refractivity contribution in [3.05, 3.63) is 66.5 Å². The van der Waals surface area contributed by atoms with Crippen molar-refractivity contribution in [2.45, 2.75) is 51.9 Å². The lowest BCUT2D eigenvalue weighted by Crippen LogP contribution is -2.06. The maximum Gasteiger partial charge on any atom is -0.00490 e. The van der Waals surface area contributed by atoms with Gasteiger partial charge in [0.1, 0.15) is 0 Å². The first-order valence-corrected chi connectivity index (χ1v) is 8.57. The number of hydrogen-bond donors (Lipinski definition) is 1. The molecule has 0 saturated carbocycles. The Hall–Kier alpha value is -1.56. The molecule has 0 saturated heterocycles. The maximum absolute atomic E-state index is 3.18. The van der Waals surface area contributed by atoms with E-state index in [4.69, 9.17) is 0 Å². The lowest BCUT2D eigenvalue weighted by Gasteiger charge is -1.92. The summed E-state index contributed by atoms with van der Waals surface area (Å²) in [4.78, 5) is 0. The van der Waals surface area contributed by atoms with Crippen LogP contribution in [-0.4, -0.2) is 13.6 Å². The third-order valence-corrected chi connectivity index (χ3v) is 3.00.